The Labute approximate surface area is 107 Å². The van der Waals surface area contributed by atoms with Gasteiger partial charge < -0.3 is 11.1 Å². The van der Waals surface area contributed by atoms with Gasteiger partial charge in [-0.2, -0.15) is 4.39 Å². The molecule has 0 heterocycles. The van der Waals surface area contributed by atoms with Crippen LogP contribution in [0.25, 0.3) is 0 Å². The van der Waals surface area contributed by atoms with E-state index in [1.54, 1.807) is 0 Å². The molecule has 19 heavy (non-hydrogen) atoms. The fourth-order valence-corrected chi connectivity index (χ4v) is 1.47. The summed E-state index contributed by atoms with van der Waals surface area (Å²) in [4.78, 5) is 20.1. The summed E-state index contributed by atoms with van der Waals surface area (Å²) in [7, 11) is 0. The lowest BCUT2D eigenvalue weighted by Crippen LogP contribution is -2.19. The summed E-state index contributed by atoms with van der Waals surface area (Å²) < 4.78 is 26.4. The van der Waals surface area contributed by atoms with Gasteiger partial charge in [-0.3, -0.25) is 14.9 Å². The summed E-state index contributed by atoms with van der Waals surface area (Å²) in [6.45, 7) is 0.402. The van der Waals surface area contributed by atoms with Gasteiger partial charge in [-0.1, -0.05) is 0 Å². The number of nitro groups is 1. The Morgan fingerprint density at radius 3 is 2.63 bits per heavy atom. The normalized spacial score (nSPS) is 10.4. The molecule has 1 amide bonds. The fraction of sp³-hybridized carbons (Fsp3) is 0.364. The van der Waals surface area contributed by atoms with Crippen LogP contribution in [0.3, 0.4) is 0 Å². The van der Waals surface area contributed by atoms with Gasteiger partial charge in [0, 0.05) is 30.7 Å². The molecule has 0 atom stereocenters. The first-order chi connectivity index (χ1) is 8.91. The zero-order chi connectivity index (χ0) is 14.4. The molecule has 8 heteroatoms. The average molecular weight is 273 g/mol. The van der Waals surface area contributed by atoms with Gasteiger partial charge in [-0.15, -0.1) is 0 Å². The molecular formula is C11H13F2N3O3. The number of nitro benzene ring substituents is 1. The third-order valence-electron chi connectivity index (χ3n) is 2.40. The SMILES string of the molecule is NC(=O)CCCNCc1cc([N+](=O)[O-])c(F)cc1F. The number of carbonyl (C=O) groups is 1. The van der Waals surface area contributed by atoms with Crippen molar-refractivity contribution in [1.82, 2.24) is 5.32 Å². The largest absolute Gasteiger partial charge is 0.370 e. The van der Waals surface area contributed by atoms with Crippen molar-refractivity contribution in [2.75, 3.05) is 6.54 Å². The number of benzene rings is 1. The van der Waals surface area contributed by atoms with E-state index in [-0.39, 0.29) is 18.5 Å². The molecule has 0 aliphatic carbocycles. The molecule has 0 spiro atoms. The Morgan fingerprint density at radius 2 is 2.05 bits per heavy atom. The minimum atomic E-state index is -1.21. The highest BCUT2D eigenvalue weighted by atomic mass is 19.1. The van der Waals surface area contributed by atoms with Crippen LogP contribution in [-0.2, 0) is 11.3 Å². The number of hydrogen-bond donors (Lipinski definition) is 2. The highest BCUT2D eigenvalue weighted by molar-refractivity contribution is 5.73. The van der Waals surface area contributed by atoms with Gasteiger partial charge in [0.15, 0.2) is 0 Å². The highest BCUT2D eigenvalue weighted by Crippen LogP contribution is 2.21. The van der Waals surface area contributed by atoms with Crippen LogP contribution in [-0.4, -0.2) is 17.4 Å². The van der Waals surface area contributed by atoms with E-state index in [2.05, 4.69) is 5.32 Å². The lowest BCUT2D eigenvalue weighted by molar-refractivity contribution is -0.387. The van der Waals surface area contributed by atoms with Crippen molar-refractivity contribution in [3.05, 3.63) is 39.4 Å². The molecule has 3 N–H and O–H groups in total. The summed E-state index contributed by atoms with van der Waals surface area (Å²) >= 11 is 0. The van der Waals surface area contributed by atoms with Crippen LogP contribution in [0.5, 0.6) is 0 Å². The predicted molar refractivity (Wildman–Crippen MR) is 63.1 cm³/mol. The molecule has 0 saturated carbocycles. The molecule has 0 unspecified atom stereocenters. The second kappa shape index (κ2) is 6.74. The molecule has 104 valence electrons. The number of primary amides is 1. The number of carbonyl (C=O) groups excluding carboxylic acids is 1. The van der Waals surface area contributed by atoms with E-state index >= 15 is 0 Å². The highest BCUT2D eigenvalue weighted by Gasteiger charge is 2.18. The van der Waals surface area contributed by atoms with Crippen LogP contribution < -0.4 is 11.1 Å². The van der Waals surface area contributed by atoms with Crippen molar-refractivity contribution in [2.24, 2.45) is 5.73 Å². The monoisotopic (exact) mass is 273 g/mol. The number of nitrogens with zero attached hydrogens (tertiary/aromatic N) is 1. The first-order valence-electron chi connectivity index (χ1n) is 5.53. The first-order valence-corrected chi connectivity index (χ1v) is 5.53. The van der Waals surface area contributed by atoms with Gasteiger partial charge in [0.1, 0.15) is 5.82 Å². The molecule has 0 fully saturated rings. The van der Waals surface area contributed by atoms with Crippen molar-refractivity contribution in [3.63, 3.8) is 0 Å². The van der Waals surface area contributed by atoms with Gasteiger partial charge in [0.2, 0.25) is 11.7 Å². The van der Waals surface area contributed by atoms with Crippen LogP contribution in [0.2, 0.25) is 0 Å². The number of rotatable bonds is 7. The van der Waals surface area contributed by atoms with E-state index < -0.39 is 28.2 Å². The van der Waals surface area contributed by atoms with E-state index in [4.69, 9.17) is 5.73 Å². The second-order valence-electron chi connectivity index (χ2n) is 3.90. The van der Waals surface area contributed by atoms with Crippen molar-refractivity contribution >= 4 is 11.6 Å². The number of nitrogens with two attached hydrogens (primary N) is 1. The molecule has 0 bridgehead atoms. The number of hydrogen-bond acceptors (Lipinski definition) is 4. The zero-order valence-electron chi connectivity index (χ0n) is 9.99. The maximum Gasteiger partial charge on any atom is 0.305 e. The Kier molecular flexibility index (Phi) is 5.31. The van der Waals surface area contributed by atoms with Gasteiger partial charge >= 0.3 is 5.69 Å². The Hall–Kier alpha value is -2.09. The van der Waals surface area contributed by atoms with E-state index in [9.17, 15) is 23.7 Å². The summed E-state index contributed by atoms with van der Waals surface area (Å²) in [6.07, 6.45) is 0.666. The lowest BCUT2D eigenvalue weighted by atomic mass is 10.1. The third-order valence-corrected chi connectivity index (χ3v) is 2.40. The molecule has 1 aromatic carbocycles. The smallest absolute Gasteiger partial charge is 0.305 e. The summed E-state index contributed by atoms with van der Waals surface area (Å²) in [6, 6.07) is 1.34. The lowest BCUT2D eigenvalue weighted by Gasteiger charge is -2.06. The summed E-state index contributed by atoms with van der Waals surface area (Å²) in [5.41, 5.74) is 4.16. The van der Waals surface area contributed by atoms with E-state index in [1.165, 1.54) is 0 Å². The van der Waals surface area contributed by atoms with Crippen molar-refractivity contribution in [2.45, 2.75) is 19.4 Å². The molecule has 0 radical (unpaired) electrons. The quantitative estimate of drug-likeness (QED) is 0.443. The maximum atomic E-state index is 13.4. The molecule has 0 aliphatic rings. The van der Waals surface area contributed by atoms with Crippen LogP contribution in [0.15, 0.2) is 12.1 Å². The van der Waals surface area contributed by atoms with E-state index in [0.29, 0.717) is 19.0 Å². The standard InChI is InChI=1S/C11H13F2N3O3/c12-8-5-9(13)10(16(18)19)4-7(8)6-15-3-1-2-11(14)17/h4-5,15H,1-3,6H2,(H2,14,17). The topological polar surface area (TPSA) is 98.3 Å². The second-order valence-corrected chi connectivity index (χ2v) is 3.90. The first kappa shape index (κ1) is 15.0. The van der Waals surface area contributed by atoms with Crippen LogP contribution in [0, 0.1) is 21.7 Å². The van der Waals surface area contributed by atoms with Gasteiger partial charge in [0.25, 0.3) is 0 Å². The molecule has 1 aromatic rings. The number of halogens is 2. The molecule has 0 saturated heterocycles. The van der Waals surface area contributed by atoms with E-state index in [0.717, 1.165) is 6.07 Å². The molecule has 1 rings (SSSR count). The molecule has 0 aromatic heterocycles. The average Bonchev–Trinajstić information content (AvgIpc) is 2.30. The minimum Gasteiger partial charge on any atom is -0.370 e. The van der Waals surface area contributed by atoms with Gasteiger partial charge in [-0.05, 0) is 13.0 Å². The maximum absolute atomic E-state index is 13.4. The Bertz CT molecular complexity index is 494. The predicted octanol–water partition coefficient (Wildman–Crippen LogP) is 1.23. The molecular weight excluding hydrogens is 260 g/mol. The van der Waals surface area contributed by atoms with Crippen molar-refractivity contribution in [1.29, 1.82) is 0 Å². The minimum absolute atomic E-state index is 0.00567. The number of amides is 1. The van der Waals surface area contributed by atoms with Crippen LogP contribution >= 0.6 is 0 Å². The summed E-state index contributed by atoms with van der Waals surface area (Å²) in [5, 5.41) is 13.3. The Morgan fingerprint density at radius 1 is 1.37 bits per heavy atom. The van der Waals surface area contributed by atoms with Crippen molar-refractivity contribution < 1.29 is 18.5 Å². The molecule has 0 aliphatic heterocycles. The Balaban J connectivity index is 2.60. The zero-order valence-corrected chi connectivity index (χ0v) is 9.99. The van der Waals surface area contributed by atoms with Crippen LogP contribution in [0.4, 0.5) is 14.5 Å². The number of nitrogens with one attached hydrogen (secondary N) is 1. The summed E-state index contributed by atoms with van der Waals surface area (Å²) in [5.74, 6) is -2.50. The molecule has 6 nitrogen and oxygen atoms in total. The third kappa shape index (κ3) is 4.59. The van der Waals surface area contributed by atoms with Crippen molar-refractivity contribution in [3.8, 4) is 0 Å². The van der Waals surface area contributed by atoms with Crippen LogP contribution in [0.1, 0.15) is 18.4 Å². The fourth-order valence-electron chi connectivity index (χ4n) is 1.47. The van der Waals surface area contributed by atoms with Gasteiger partial charge in [0.05, 0.1) is 4.92 Å². The van der Waals surface area contributed by atoms with E-state index in [1.807, 2.05) is 0 Å². The van der Waals surface area contributed by atoms with Gasteiger partial charge in [-0.25, -0.2) is 4.39 Å².